The molecule has 1 aliphatic heterocycles. The number of carbonyl (C=O) groups is 2. The number of anilines is 1. The van der Waals surface area contributed by atoms with E-state index < -0.39 is 5.97 Å². The molecule has 3 rings (SSSR count). The lowest BCUT2D eigenvalue weighted by Gasteiger charge is -2.15. The second-order valence-corrected chi connectivity index (χ2v) is 5.41. The predicted octanol–water partition coefficient (Wildman–Crippen LogP) is 3.44. The number of esters is 1. The van der Waals surface area contributed by atoms with Crippen molar-refractivity contribution in [2.24, 2.45) is 0 Å². The molecule has 1 N–H and O–H groups in total. The predicted molar refractivity (Wildman–Crippen MR) is 95.5 cm³/mol. The number of para-hydroxylation sites is 2. The van der Waals surface area contributed by atoms with Gasteiger partial charge in [-0.25, -0.2) is 4.79 Å². The summed E-state index contributed by atoms with van der Waals surface area (Å²) in [5, 5.41) is 2.69. The second kappa shape index (κ2) is 7.49. The molecule has 126 valence electrons. The van der Waals surface area contributed by atoms with Gasteiger partial charge in [0.1, 0.15) is 12.4 Å². The molecule has 0 aromatic heterocycles. The molecule has 25 heavy (non-hydrogen) atoms. The Balaban J connectivity index is 1.71. The van der Waals surface area contributed by atoms with Gasteiger partial charge in [0.2, 0.25) is 5.91 Å². The zero-order valence-corrected chi connectivity index (χ0v) is 13.7. The SMILES string of the molecule is COC(=O)c1ccccc1NC(=O)C=CC1=Cc2ccccc2OC1. The third kappa shape index (κ3) is 3.95. The molecule has 1 amide bonds. The highest BCUT2D eigenvalue weighted by molar-refractivity contribution is 6.05. The van der Waals surface area contributed by atoms with Crippen molar-refractivity contribution in [3.63, 3.8) is 0 Å². The first-order valence-electron chi connectivity index (χ1n) is 7.76. The number of ether oxygens (including phenoxy) is 2. The molecule has 0 aliphatic carbocycles. The molecule has 0 radical (unpaired) electrons. The summed E-state index contributed by atoms with van der Waals surface area (Å²) in [6.07, 6.45) is 5.09. The first-order chi connectivity index (χ1) is 12.2. The zero-order chi connectivity index (χ0) is 17.6. The molecule has 2 aromatic carbocycles. The molecule has 2 aromatic rings. The van der Waals surface area contributed by atoms with Crippen LogP contribution in [0.2, 0.25) is 0 Å². The van der Waals surface area contributed by atoms with Crippen molar-refractivity contribution < 1.29 is 19.1 Å². The summed E-state index contributed by atoms with van der Waals surface area (Å²) in [4.78, 5) is 23.9. The Hall–Kier alpha value is -3.34. The van der Waals surface area contributed by atoms with E-state index in [0.717, 1.165) is 16.9 Å². The summed E-state index contributed by atoms with van der Waals surface area (Å²) < 4.78 is 10.4. The number of methoxy groups -OCH3 is 1. The van der Waals surface area contributed by atoms with E-state index in [4.69, 9.17) is 9.47 Å². The molecule has 0 fully saturated rings. The Labute approximate surface area is 145 Å². The maximum Gasteiger partial charge on any atom is 0.339 e. The summed E-state index contributed by atoms with van der Waals surface area (Å²) in [6, 6.07) is 14.4. The number of nitrogens with one attached hydrogen (secondary N) is 1. The molecule has 0 unspecified atom stereocenters. The Bertz CT molecular complexity index is 868. The Morgan fingerprint density at radius 2 is 1.88 bits per heavy atom. The maximum atomic E-state index is 12.1. The van der Waals surface area contributed by atoms with Crippen LogP contribution in [0.1, 0.15) is 15.9 Å². The van der Waals surface area contributed by atoms with Gasteiger partial charge >= 0.3 is 5.97 Å². The summed E-state index contributed by atoms with van der Waals surface area (Å²) in [7, 11) is 1.30. The number of amides is 1. The minimum Gasteiger partial charge on any atom is -0.488 e. The van der Waals surface area contributed by atoms with Crippen LogP contribution in [0, 0.1) is 0 Å². The molecule has 5 heteroatoms. The minimum absolute atomic E-state index is 0.306. The van der Waals surface area contributed by atoms with Gasteiger partial charge in [0.05, 0.1) is 18.4 Å². The summed E-state index contributed by atoms with van der Waals surface area (Å²) in [5.74, 6) is -0.00732. The number of hydrogen-bond donors (Lipinski definition) is 1. The Kier molecular flexibility index (Phi) is 4.95. The van der Waals surface area contributed by atoms with Crippen LogP contribution in [-0.4, -0.2) is 25.6 Å². The first kappa shape index (κ1) is 16.5. The average molecular weight is 335 g/mol. The molecule has 0 bridgehead atoms. The third-order valence-electron chi connectivity index (χ3n) is 3.69. The van der Waals surface area contributed by atoms with E-state index in [0.29, 0.717) is 17.9 Å². The lowest BCUT2D eigenvalue weighted by atomic mass is 10.1. The van der Waals surface area contributed by atoms with Gasteiger partial charge in [0.25, 0.3) is 0 Å². The van der Waals surface area contributed by atoms with E-state index in [-0.39, 0.29) is 5.91 Å². The van der Waals surface area contributed by atoms with Gasteiger partial charge in [-0.1, -0.05) is 36.4 Å². The molecule has 5 nitrogen and oxygen atoms in total. The molecule has 0 spiro atoms. The normalized spacial score (nSPS) is 12.8. The lowest BCUT2D eigenvalue weighted by molar-refractivity contribution is -0.111. The Morgan fingerprint density at radius 3 is 2.72 bits per heavy atom. The average Bonchev–Trinajstić information content (AvgIpc) is 2.66. The van der Waals surface area contributed by atoms with Crippen molar-refractivity contribution in [3.8, 4) is 5.75 Å². The number of rotatable bonds is 4. The van der Waals surface area contributed by atoms with Crippen LogP contribution in [-0.2, 0) is 9.53 Å². The van der Waals surface area contributed by atoms with Crippen molar-refractivity contribution >= 4 is 23.6 Å². The number of fused-ring (bicyclic) bond motifs is 1. The minimum atomic E-state index is -0.500. The smallest absolute Gasteiger partial charge is 0.339 e. The van der Waals surface area contributed by atoms with Crippen LogP contribution in [0.15, 0.2) is 66.3 Å². The van der Waals surface area contributed by atoms with Crippen LogP contribution in [0.25, 0.3) is 6.08 Å². The summed E-state index contributed by atoms with van der Waals surface area (Å²) in [5.41, 5.74) is 2.57. The highest BCUT2D eigenvalue weighted by Crippen LogP contribution is 2.26. The molecular weight excluding hydrogens is 318 g/mol. The molecule has 1 heterocycles. The fraction of sp³-hybridized carbons (Fsp3) is 0.100. The van der Waals surface area contributed by atoms with E-state index in [1.54, 1.807) is 30.3 Å². The Morgan fingerprint density at radius 1 is 1.12 bits per heavy atom. The largest absolute Gasteiger partial charge is 0.488 e. The van der Waals surface area contributed by atoms with E-state index in [9.17, 15) is 9.59 Å². The molecule has 1 aliphatic rings. The molecule has 0 saturated carbocycles. The van der Waals surface area contributed by atoms with Gasteiger partial charge in [-0.2, -0.15) is 0 Å². The topological polar surface area (TPSA) is 64.6 Å². The van der Waals surface area contributed by atoms with Crippen molar-refractivity contribution in [1.82, 2.24) is 0 Å². The highest BCUT2D eigenvalue weighted by Gasteiger charge is 2.12. The van der Waals surface area contributed by atoms with E-state index in [1.807, 2.05) is 30.3 Å². The fourth-order valence-electron chi connectivity index (χ4n) is 2.47. The fourth-order valence-corrected chi connectivity index (χ4v) is 2.47. The monoisotopic (exact) mass is 335 g/mol. The van der Waals surface area contributed by atoms with Gasteiger partial charge in [0.15, 0.2) is 0 Å². The third-order valence-corrected chi connectivity index (χ3v) is 3.69. The lowest BCUT2D eigenvalue weighted by Crippen LogP contribution is -2.13. The van der Waals surface area contributed by atoms with Gasteiger partial charge in [-0.3, -0.25) is 4.79 Å². The number of carbonyl (C=O) groups excluding carboxylic acids is 2. The maximum absolute atomic E-state index is 12.1. The van der Waals surface area contributed by atoms with E-state index in [1.165, 1.54) is 13.2 Å². The molecule has 0 saturated heterocycles. The molecular formula is C20H17NO4. The second-order valence-electron chi connectivity index (χ2n) is 5.41. The summed E-state index contributed by atoms with van der Waals surface area (Å²) in [6.45, 7) is 0.402. The standard InChI is InChI=1S/C20H17NO4/c1-24-20(23)16-7-3-4-8-17(16)21-19(22)11-10-14-12-15-6-2-5-9-18(15)25-13-14/h2-12H,13H2,1H3,(H,21,22). The van der Waals surface area contributed by atoms with Crippen LogP contribution >= 0.6 is 0 Å². The van der Waals surface area contributed by atoms with Crippen molar-refractivity contribution in [2.75, 3.05) is 19.0 Å². The van der Waals surface area contributed by atoms with E-state index >= 15 is 0 Å². The number of hydrogen-bond acceptors (Lipinski definition) is 4. The first-order valence-corrected chi connectivity index (χ1v) is 7.76. The van der Waals surface area contributed by atoms with Crippen molar-refractivity contribution in [1.29, 1.82) is 0 Å². The summed E-state index contributed by atoms with van der Waals surface area (Å²) >= 11 is 0. The zero-order valence-electron chi connectivity index (χ0n) is 13.7. The van der Waals surface area contributed by atoms with Crippen LogP contribution in [0.3, 0.4) is 0 Å². The van der Waals surface area contributed by atoms with Crippen LogP contribution < -0.4 is 10.1 Å². The van der Waals surface area contributed by atoms with Crippen LogP contribution in [0.4, 0.5) is 5.69 Å². The van der Waals surface area contributed by atoms with Gasteiger partial charge in [-0.15, -0.1) is 0 Å². The van der Waals surface area contributed by atoms with Crippen molar-refractivity contribution in [3.05, 3.63) is 77.4 Å². The van der Waals surface area contributed by atoms with Gasteiger partial charge in [-0.05, 0) is 29.8 Å². The molecule has 0 atom stereocenters. The quantitative estimate of drug-likeness (QED) is 0.687. The van der Waals surface area contributed by atoms with Gasteiger partial charge in [0, 0.05) is 11.6 Å². The highest BCUT2D eigenvalue weighted by atomic mass is 16.5. The number of benzene rings is 2. The van der Waals surface area contributed by atoms with Gasteiger partial charge < -0.3 is 14.8 Å². The van der Waals surface area contributed by atoms with Crippen molar-refractivity contribution in [2.45, 2.75) is 0 Å². The van der Waals surface area contributed by atoms with E-state index in [2.05, 4.69) is 5.32 Å². The van der Waals surface area contributed by atoms with Crippen LogP contribution in [0.5, 0.6) is 5.75 Å².